The maximum Gasteiger partial charge on any atom is 0.256 e. The lowest BCUT2D eigenvalue weighted by atomic mass is 10.1. The number of hydrogen-bond acceptors (Lipinski definition) is 5. The highest BCUT2D eigenvalue weighted by molar-refractivity contribution is 5.84. The summed E-state index contributed by atoms with van der Waals surface area (Å²) >= 11 is 0. The summed E-state index contributed by atoms with van der Waals surface area (Å²) in [4.78, 5) is 11.2. The van der Waals surface area contributed by atoms with E-state index in [0.29, 0.717) is 5.56 Å². The maximum atomic E-state index is 13.8. The zero-order valence-electron chi connectivity index (χ0n) is 9.27. The van der Waals surface area contributed by atoms with Gasteiger partial charge in [-0.1, -0.05) is 0 Å². The van der Waals surface area contributed by atoms with Gasteiger partial charge < -0.3 is 10.8 Å². The summed E-state index contributed by atoms with van der Waals surface area (Å²) in [6, 6.07) is 2.63. The second-order valence-corrected chi connectivity index (χ2v) is 3.77. The van der Waals surface area contributed by atoms with Crippen LogP contribution in [0.25, 0.3) is 0 Å². The lowest BCUT2D eigenvalue weighted by Gasteiger charge is -2.25. The van der Waals surface area contributed by atoms with Gasteiger partial charge in [-0.05, 0) is 17.7 Å². The molecule has 1 aromatic rings. The van der Waals surface area contributed by atoms with E-state index in [4.69, 9.17) is 5.73 Å². The van der Waals surface area contributed by atoms with Crippen molar-refractivity contribution in [1.82, 2.24) is 10.5 Å². The first-order valence-corrected chi connectivity index (χ1v) is 5.05. The molecule has 6 nitrogen and oxygen atoms in total. The fourth-order valence-corrected chi connectivity index (χ4v) is 1.76. The van der Waals surface area contributed by atoms with Gasteiger partial charge in [0.15, 0.2) is 5.82 Å². The van der Waals surface area contributed by atoms with Crippen molar-refractivity contribution in [1.29, 1.82) is 0 Å². The van der Waals surface area contributed by atoms with Gasteiger partial charge in [-0.2, -0.15) is 0 Å². The minimum atomic E-state index is -0.617. The summed E-state index contributed by atoms with van der Waals surface area (Å²) in [6.07, 6.45) is 0. The van der Waals surface area contributed by atoms with Gasteiger partial charge in [-0.25, -0.2) is 4.39 Å². The molecule has 0 unspecified atom stereocenters. The quantitative estimate of drug-likeness (QED) is 0.660. The van der Waals surface area contributed by atoms with E-state index in [9.17, 15) is 14.3 Å². The van der Waals surface area contributed by atoms with Gasteiger partial charge in [0.1, 0.15) is 18.0 Å². The third-order valence-electron chi connectivity index (χ3n) is 2.54. The Morgan fingerprint density at radius 3 is 2.76 bits per heavy atom. The maximum absolute atomic E-state index is 13.8. The molecule has 2 rings (SSSR count). The standard InChI is InChI=1S/C10H13FN4O2/c1-14-13-9(17)5-15(14)10-7(11)2-6(4-12)3-8(10)16/h2-3,16H,4-5,12H2,1H3,(H,13,17). The molecule has 92 valence electrons. The predicted octanol–water partition coefficient (Wildman–Crippen LogP) is -0.312. The molecule has 1 aliphatic heterocycles. The number of carbonyl (C=O) groups is 1. The number of halogens is 1. The number of hydrazine groups is 2. The van der Waals surface area contributed by atoms with Crippen LogP contribution >= 0.6 is 0 Å². The van der Waals surface area contributed by atoms with E-state index < -0.39 is 5.82 Å². The van der Waals surface area contributed by atoms with Gasteiger partial charge in [-0.15, -0.1) is 5.12 Å². The molecule has 0 saturated carbocycles. The highest BCUT2D eigenvalue weighted by Gasteiger charge is 2.29. The number of carbonyl (C=O) groups excluding carboxylic acids is 1. The number of hydrogen-bond donors (Lipinski definition) is 3. The molecule has 1 saturated heterocycles. The third kappa shape index (κ3) is 2.02. The van der Waals surface area contributed by atoms with Crippen LogP contribution in [0.15, 0.2) is 12.1 Å². The fourth-order valence-electron chi connectivity index (χ4n) is 1.76. The Morgan fingerprint density at radius 2 is 2.29 bits per heavy atom. The van der Waals surface area contributed by atoms with E-state index in [1.54, 1.807) is 7.05 Å². The van der Waals surface area contributed by atoms with E-state index in [1.807, 2.05) is 0 Å². The molecule has 7 heteroatoms. The summed E-state index contributed by atoms with van der Waals surface area (Å²) < 4.78 is 13.8. The molecule has 1 aliphatic rings. The number of nitrogens with zero attached hydrogens (tertiary/aromatic N) is 2. The topological polar surface area (TPSA) is 81.8 Å². The molecule has 0 aromatic heterocycles. The number of nitrogens with one attached hydrogen (secondary N) is 1. The Labute approximate surface area is 97.4 Å². The lowest BCUT2D eigenvalue weighted by Crippen LogP contribution is -2.39. The molecule has 0 aliphatic carbocycles. The van der Waals surface area contributed by atoms with Crippen molar-refractivity contribution in [2.24, 2.45) is 5.73 Å². The number of amides is 1. The minimum Gasteiger partial charge on any atom is -0.506 e. The number of phenolic OH excluding ortho intramolecular Hbond substituents is 1. The van der Waals surface area contributed by atoms with Crippen LogP contribution in [0.4, 0.5) is 10.1 Å². The molecule has 1 aromatic carbocycles. The molecule has 0 radical (unpaired) electrons. The SMILES string of the molecule is CN1NC(=O)CN1c1c(O)cc(CN)cc1F. The lowest BCUT2D eigenvalue weighted by molar-refractivity contribution is -0.119. The van der Waals surface area contributed by atoms with E-state index in [-0.39, 0.29) is 30.4 Å². The number of aromatic hydroxyl groups is 1. The van der Waals surface area contributed by atoms with Gasteiger partial charge in [0.2, 0.25) is 0 Å². The van der Waals surface area contributed by atoms with Crippen molar-refractivity contribution in [3.05, 3.63) is 23.5 Å². The van der Waals surface area contributed by atoms with E-state index in [0.717, 1.165) is 0 Å². The van der Waals surface area contributed by atoms with Crippen LogP contribution in [0.5, 0.6) is 5.75 Å². The predicted molar refractivity (Wildman–Crippen MR) is 59.2 cm³/mol. The smallest absolute Gasteiger partial charge is 0.256 e. The normalized spacial score (nSPS) is 16.4. The first-order chi connectivity index (χ1) is 8.02. The van der Waals surface area contributed by atoms with Gasteiger partial charge in [0.25, 0.3) is 5.91 Å². The summed E-state index contributed by atoms with van der Waals surface area (Å²) in [6.45, 7) is 0.0979. The monoisotopic (exact) mass is 240 g/mol. The largest absolute Gasteiger partial charge is 0.506 e. The van der Waals surface area contributed by atoms with Crippen molar-refractivity contribution < 1.29 is 14.3 Å². The van der Waals surface area contributed by atoms with Crippen LogP contribution in [0.3, 0.4) is 0 Å². The van der Waals surface area contributed by atoms with Crippen molar-refractivity contribution in [3.63, 3.8) is 0 Å². The number of phenols is 1. The van der Waals surface area contributed by atoms with Crippen LogP contribution in [0, 0.1) is 5.82 Å². The van der Waals surface area contributed by atoms with Crippen LogP contribution in [0.2, 0.25) is 0 Å². The molecule has 4 N–H and O–H groups in total. The van der Waals surface area contributed by atoms with Crippen molar-refractivity contribution in [3.8, 4) is 5.75 Å². The fraction of sp³-hybridized carbons (Fsp3) is 0.300. The molecular weight excluding hydrogens is 227 g/mol. The average molecular weight is 240 g/mol. The Morgan fingerprint density at radius 1 is 1.59 bits per heavy atom. The zero-order valence-corrected chi connectivity index (χ0v) is 9.27. The molecule has 1 heterocycles. The second-order valence-electron chi connectivity index (χ2n) is 3.77. The van der Waals surface area contributed by atoms with Crippen LogP contribution < -0.4 is 16.2 Å². The number of anilines is 1. The molecule has 1 amide bonds. The Hall–Kier alpha value is -1.86. The van der Waals surface area contributed by atoms with Gasteiger partial charge in [0.05, 0.1) is 0 Å². The van der Waals surface area contributed by atoms with Gasteiger partial charge in [-0.3, -0.25) is 15.2 Å². The number of nitrogens with two attached hydrogens (primary N) is 1. The van der Waals surface area contributed by atoms with Crippen molar-refractivity contribution >= 4 is 11.6 Å². The highest BCUT2D eigenvalue weighted by atomic mass is 19.1. The van der Waals surface area contributed by atoms with Crippen molar-refractivity contribution in [2.75, 3.05) is 18.6 Å². The van der Waals surface area contributed by atoms with E-state index >= 15 is 0 Å². The van der Waals surface area contributed by atoms with Crippen molar-refractivity contribution in [2.45, 2.75) is 6.54 Å². The zero-order chi connectivity index (χ0) is 12.6. The summed E-state index contributed by atoms with van der Waals surface area (Å²) in [7, 11) is 1.56. The second kappa shape index (κ2) is 4.19. The molecule has 0 bridgehead atoms. The molecule has 0 spiro atoms. The minimum absolute atomic E-state index is 0.0387. The Kier molecular flexibility index (Phi) is 2.86. The summed E-state index contributed by atoms with van der Waals surface area (Å²) in [5, 5.41) is 12.4. The van der Waals surface area contributed by atoms with Crippen LogP contribution in [-0.4, -0.2) is 29.7 Å². The van der Waals surface area contributed by atoms with Gasteiger partial charge in [0, 0.05) is 13.6 Å². The first-order valence-electron chi connectivity index (χ1n) is 5.05. The Bertz CT molecular complexity index is 443. The molecular formula is C10H13FN4O2. The average Bonchev–Trinajstić information content (AvgIpc) is 2.57. The highest BCUT2D eigenvalue weighted by Crippen LogP contribution is 2.32. The number of benzene rings is 1. The molecule has 17 heavy (non-hydrogen) atoms. The number of rotatable bonds is 2. The summed E-state index contributed by atoms with van der Waals surface area (Å²) in [5.74, 6) is -1.13. The summed E-state index contributed by atoms with van der Waals surface area (Å²) in [5.41, 5.74) is 8.29. The van der Waals surface area contributed by atoms with Crippen LogP contribution in [0.1, 0.15) is 5.56 Å². The third-order valence-corrected chi connectivity index (χ3v) is 2.54. The molecule has 1 fully saturated rings. The van der Waals surface area contributed by atoms with Crippen LogP contribution in [-0.2, 0) is 11.3 Å². The van der Waals surface area contributed by atoms with E-state index in [1.165, 1.54) is 22.3 Å². The Balaban J connectivity index is 2.42. The molecule has 0 atom stereocenters. The van der Waals surface area contributed by atoms with E-state index in [2.05, 4.69) is 5.43 Å². The first kappa shape index (κ1) is 11.6. The van der Waals surface area contributed by atoms with Gasteiger partial charge >= 0.3 is 0 Å².